The molecule has 1 aromatic rings. The van der Waals surface area contributed by atoms with Crippen LogP contribution in [0.1, 0.15) is 12.5 Å². The molecule has 0 atom stereocenters. The van der Waals surface area contributed by atoms with Gasteiger partial charge in [0.15, 0.2) is 0 Å². The molecule has 0 aliphatic heterocycles. The largest absolute Gasteiger partial charge is 0.326 e. The minimum atomic E-state index is -0.0497. The number of amides is 1. The summed E-state index contributed by atoms with van der Waals surface area (Å²) in [5.41, 5.74) is 1.91. The summed E-state index contributed by atoms with van der Waals surface area (Å²) in [5, 5.41) is 5.78. The quantitative estimate of drug-likeness (QED) is 0.786. The average molecular weight is 204 g/mol. The summed E-state index contributed by atoms with van der Waals surface area (Å²) >= 11 is 0. The smallest absolute Gasteiger partial charge is 0.221 e. The molecular weight excluding hydrogens is 188 g/mol. The summed E-state index contributed by atoms with van der Waals surface area (Å²) in [7, 11) is 1.90. The van der Waals surface area contributed by atoms with Crippen LogP contribution in [0.25, 0.3) is 6.08 Å². The van der Waals surface area contributed by atoms with Gasteiger partial charge in [-0.1, -0.05) is 24.3 Å². The Morgan fingerprint density at radius 1 is 1.47 bits per heavy atom. The summed E-state index contributed by atoms with van der Waals surface area (Å²) in [4.78, 5) is 10.8. The number of benzene rings is 1. The highest BCUT2D eigenvalue weighted by atomic mass is 16.1. The second-order valence-corrected chi connectivity index (χ2v) is 3.27. The van der Waals surface area contributed by atoms with E-state index in [9.17, 15) is 4.79 Å². The van der Waals surface area contributed by atoms with E-state index < -0.39 is 0 Å². The molecule has 0 bridgehead atoms. The monoisotopic (exact) mass is 204 g/mol. The molecule has 0 aliphatic rings. The summed E-state index contributed by atoms with van der Waals surface area (Å²) in [6.07, 6.45) is 4.05. The Kier molecular flexibility index (Phi) is 4.57. The highest BCUT2D eigenvalue weighted by Gasteiger charge is 1.94. The van der Waals surface area contributed by atoms with Crippen LogP contribution in [0.15, 0.2) is 30.3 Å². The van der Waals surface area contributed by atoms with Gasteiger partial charge < -0.3 is 10.6 Å². The number of likely N-dealkylation sites (N-methyl/N-ethyl adjacent to an activating group) is 1. The lowest BCUT2D eigenvalue weighted by atomic mass is 10.2. The highest BCUT2D eigenvalue weighted by Crippen LogP contribution is 2.11. The molecule has 0 saturated carbocycles. The van der Waals surface area contributed by atoms with Crippen molar-refractivity contribution >= 4 is 17.7 Å². The predicted molar refractivity (Wildman–Crippen MR) is 63.7 cm³/mol. The van der Waals surface area contributed by atoms with Gasteiger partial charge in [0.1, 0.15) is 0 Å². The van der Waals surface area contributed by atoms with Crippen LogP contribution in [0.5, 0.6) is 0 Å². The third-order valence-corrected chi connectivity index (χ3v) is 1.84. The van der Waals surface area contributed by atoms with Crippen molar-refractivity contribution in [2.24, 2.45) is 0 Å². The number of hydrogen-bond acceptors (Lipinski definition) is 2. The molecule has 0 radical (unpaired) electrons. The van der Waals surface area contributed by atoms with Crippen molar-refractivity contribution in [3.05, 3.63) is 35.9 Å². The van der Waals surface area contributed by atoms with Gasteiger partial charge in [0, 0.05) is 19.2 Å². The second-order valence-electron chi connectivity index (χ2n) is 3.27. The SMILES string of the molecule is CNCC=Cc1cccc(NC(C)=O)c1. The second kappa shape index (κ2) is 5.98. The van der Waals surface area contributed by atoms with Gasteiger partial charge in [0.2, 0.25) is 5.91 Å². The molecule has 3 heteroatoms. The van der Waals surface area contributed by atoms with Gasteiger partial charge in [-0.2, -0.15) is 0 Å². The number of anilines is 1. The fourth-order valence-electron chi connectivity index (χ4n) is 1.24. The van der Waals surface area contributed by atoms with E-state index in [1.807, 2.05) is 43.5 Å². The maximum Gasteiger partial charge on any atom is 0.221 e. The molecule has 0 aliphatic carbocycles. The van der Waals surface area contributed by atoms with Crippen molar-refractivity contribution in [1.29, 1.82) is 0 Å². The van der Waals surface area contributed by atoms with E-state index in [1.54, 1.807) is 0 Å². The summed E-state index contributed by atoms with van der Waals surface area (Å²) in [6.45, 7) is 2.34. The Hall–Kier alpha value is -1.61. The van der Waals surface area contributed by atoms with E-state index in [1.165, 1.54) is 6.92 Å². The van der Waals surface area contributed by atoms with Crippen LogP contribution in [0, 0.1) is 0 Å². The number of rotatable bonds is 4. The van der Waals surface area contributed by atoms with Crippen LogP contribution in [0.3, 0.4) is 0 Å². The van der Waals surface area contributed by atoms with Crippen molar-refractivity contribution in [2.45, 2.75) is 6.92 Å². The standard InChI is InChI=1S/C12H16N2O/c1-10(15)14-12-7-3-5-11(9-12)6-4-8-13-2/h3-7,9,13H,8H2,1-2H3,(H,14,15). The summed E-state index contributed by atoms with van der Waals surface area (Å²) in [5.74, 6) is -0.0497. The number of carbonyl (C=O) groups is 1. The summed E-state index contributed by atoms with van der Waals surface area (Å²) < 4.78 is 0. The maximum atomic E-state index is 10.8. The zero-order chi connectivity index (χ0) is 11.1. The normalized spacial score (nSPS) is 10.5. The van der Waals surface area contributed by atoms with Gasteiger partial charge in [-0.15, -0.1) is 0 Å². The van der Waals surface area contributed by atoms with Gasteiger partial charge in [0.25, 0.3) is 0 Å². The molecular formula is C12H16N2O. The first-order valence-electron chi connectivity index (χ1n) is 4.91. The van der Waals surface area contributed by atoms with Crippen molar-refractivity contribution in [1.82, 2.24) is 5.32 Å². The first kappa shape index (κ1) is 11.5. The number of carbonyl (C=O) groups excluding carboxylic acids is 1. The third kappa shape index (κ3) is 4.42. The minimum Gasteiger partial charge on any atom is -0.326 e. The molecule has 1 amide bonds. The van der Waals surface area contributed by atoms with Crippen molar-refractivity contribution in [2.75, 3.05) is 18.9 Å². The van der Waals surface area contributed by atoms with Gasteiger partial charge in [-0.05, 0) is 24.7 Å². The van der Waals surface area contributed by atoms with Gasteiger partial charge in [-0.3, -0.25) is 4.79 Å². The Morgan fingerprint density at radius 2 is 2.27 bits per heavy atom. The van der Waals surface area contributed by atoms with Crippen molar-refractivity contribution in [3.8, 4) is 0 Å². The van der Waals surface area contributed by atoms with Crippen molar-refractivity contribution < 1.29 is 4.79 Å². The Bertz CT molecular complexity index is 358. The van der Waals surface area contributed by atoms with Gasteiger partial charge in [0.05, 0.1) is 0 Å². The zero-order valence-corrected chi connectivity index (χ0v) is 9.08. The topological polar surface area (TPSA) is 41.1 Å². The average Bonchev–Trinajstić information content (AvgIpc) is 2.18. The van der Waals surface area contributed by atoms with Crippen LogP contribution in [0.2, 0.25) is 0 Å². The van der Waals surface area contributed by atoms with E-state index in [2.05, 4.69) is 10.6 Å². The highest BCUT2D eigenvalue weighted by molar-refractivity contribution is 5.88. The Morgan fingerprint density at radius 3 is 2.93 bits per heavy atom. The molecule has 0 spiro atoms. The van der Waals surface area contributed by atoms with Crippen LogP contribution in [0.4, 0.5) is 5.69 Å². The molecule has 1 rings (SSSR count). The van der Waals surface area contributed by atoms with Crippen molar-refractivity contribution in [3.63, 3.8) is 0 Å². The zero-order valence-electron chi connectivity index (χ0n) is 9.08. The molecule has 0 aromatic heterocycles. The lowest BCUT2D eigenvalue weighted by Crippen LogP contribution is -2.05. The van der Waals surface area contributed by atoms with Crippen LogP contribution < -0.4 is 10.6 Å². The lowest BCUT2D eigenvalue weighted by molar-refractivity contribution is -0.114. The molecule has 0 unspecified atom stereocenters. The molecule has 3 nitrogen and oxygen atoms in total. The van der Waals surface area contributed by atoms with E-state index >= 15 is 0 Å². The lowest BCUT2D eigenvalue weighted by Gasteiger charge is -2.02. The molecule has 0 saturated heterocycles. The van der Waals surface area contributed by atoms with E-state index in [4.69, 9.17) is 0 Å². The fourth-order valence-corrected chi connectivity index (χ4v) is 1.24. The molecule has 0 fully saturated rings. The molecule has 80 valence electrons. The summed E-state index contributed by atoms with van der Waals surface area (Å²) in [6, 6.07) is 7.73. The Labute approximate surface area is 90.2 Å². The maximum absolute atomic E-state index is 10.8. The number of hydrogen-bond donors (Lipinski definition) is 2. The van der Waals surface area contributed by atoms with Crippen LogP contribution in [-0.2, 0) is 4.79 Å². The number of nitrogens with one attached hydrogen (secondary N) is 2. The van der Waals surface area contributed by atoms with Gasteiger partial charge in [-0.25, -0.2) is 0 Å². The van der Waals surface area contributed by atoms with E-state index in [0.29, 0.717) is 0 Å². The Balaban J connectivity index is 2.69. The molecule has 15 heavy (non-hydrogen) atoms. The molecule has 0 heterocycles. The first-order chi connectivity index (χ1) is 7.22. The minimum absolute atomic E-state index is 0.0497. The van der Waals surface area contributed by atoms with Gasteiger partial charge >= 0.3 is 0 Å². The molecule has 2 N–H and O–H groups in total. The van der Waals surface area contributed by atoms with Crippen LogP contribution >= 0.6 is 0 Å². The first-order valence-corrected chi connectivity index (χ1v) is 4.91. The van der Waals surface area contributed by atoms with E-state index in [0.717, 1.165) is 17.8 Å². The predicted octanol–water partition coefficient (Wildman–Crippen LogP) is 1.88. The van der Waals surface area contributed by atoms with Crippen LogP contribution in [-0.4, -0.2) is 19.5 Å². The third-order valence-electron chi connectivity index (χ3n) is 1.84. The fraction of sp³-hybridized carbons (Fsp3) is 0.250. The molecule has 1 aromatic carbocycles. The van der Waals surface area contributed by atoms with E-state index in [-0.39, 0.29) is 5.91 Å².